The number of hydrogen-bond donors (Lipinski definition) is 3. The van der Waals surface area contributed by atoms with E-state index in [1.54, 1.807) is 6.07 Å². The van der Waals surface area contributed by atoms with E-state index < -0.39 is 0 Å². The van der Waals surface area contributed by atoms with E-state index >= 15 is 0 Å². The molecule has 3 nitrogen and oxygen atoms in total. The number of carbonyl (C=O) groups excluding carboxylic acids is 1. The van der Waals surface area contributed by atoms with Crippen molar-refractivity contribution < 1.29 is 9.90 Å². The lowest BCUT2D eigenvalue weighted by Gasteiger charge is -2.16. The molecule has 0 aliphatic heterocycles. The van der Waals surface area contributed by atoms with Gasteiger partial charge in [-0.3, -0.25) is 4.79 Å². The Morgan fingerprint density at radius 2 is 2.06 bits per heavy atom. The molecular weight excluding hydrogens is 246 g/mol. The van der Waals surface area contributed by atoms with E-state index in [-0.39, 0.29) is 17.3 Å². The van der Waals surface area contributed by atoms with Crippen LogP contribution in [0.2, 0.25) is 0 Å². The van der Waals surface area contributed by atoms with Crippen LogP contribution in [0.25, 0.3) is 0 Å². The summed E-state index contributed by atoms with van der Waals surface area (Å²) >= 11 is 4.39. The van der Waals surface area contributed by atoms with Crippen molar-refractivity contribution >= 4 is 24.2 Å². The van der Waals surface area contributed by atoms with E-state index in [4.69, 9.17) is 5.11 Å². The molecule has 18 heavy (non-hydrogen) atoms. The molecule has 1 aromatic carbocycles. The third-order valence-corrected chi connectivity index (χ3v) is 2.79. The highest BCUT2D eigenvalue weighted by Gasteiger charge is 2.14. The van der Waals surface area contributed by atoms with Crippen LogP contribution in [0.1, 0.15) is 37.8 Å². The molecule has 0 atom stereocenters. The van der Waals surface area contributed by atoms with E-state index in [0.717, 1.165) is 23.2 Å². The zero-order valence-electron chi connectivity index (χ0n) is 11.2. The molecule has 1 aromatic rings. The first-order chi connectivity index (χ1) is 8.30. The lowest BCUT2D eigenvalue weighted by atomic mass is 10.1. The first-order valence-electron chi connectivity index (χ1n) is 6.04. The summed E-state index contributed by atoms with van der Waals surface area (Å²) in [4.78, 5) is 11.8. The molecule has 1 amide bonds. The van der Waals surface area contributed by atoms with Crippen LogP contribution in [0.4, 0.5) is 5.69 Å². The smallest absolute Gasteiger partial charge is 0.224 e. The van der Waals surface area contributed by atoms with Crippen molar-refractivity contribution in [2.24, 2.45) is 0 Å². The number of thiol groups is 1. The number of nitrogens with one attached hydrogen (secondary N) is 1. The van der Waals surface area contributed by atoms with Crippen LogP contribution in [0.3, 0.4) is 0 Å². The molecule has 1 rings (SSSR count). The second-order valence-electron chi connectivity index (χ2n) is 5.23. The van der Waals surface area contributed by atoms with Gasteiger partial charge in [-0.1, -0.05) is 19.9 Å². The van der Waals surface area contributed by atoms with Gasteiger partial charge in [0.25, 0.3) is 0 Å². The first-order valence-corrected chi connectivity index (χ1v) is 6.48. The van der Waals surface area contributed by atoms with E-state index in [0.29, 0.717) is 6.42 Å². The standard InChI is InChI=1S/C14H21NO2S/c1-10-6-11(9-16)8-12(7-10)15-13(17)4-5-14(2,3)18/h6-8,16,18H,4-5,9H2,1-3H3,(H,15,17). The van der Waals surface area contributed by atoms with E-state index in [1.165, 1.54) is 0 Å². The fraction of sp³-hybridized carbons (Fsp3) is 0.500. The van der Waals surface area contributed by atoms with Crippen molar-refractivity contribution in [2.75, 3.05) is 5.32 Å². The highest BCUT2D eigenvalue weighted by atomic mass is 32.1. The molecule has 0 aromatic heterocycles. The molecule has 0 spiro atoms. The Balaban J connectivity index is 2.61. The van der Waals surface area contributed by atoms with E-state index in [2.05, 4.69) is 17.9 Å². The van der Waals surface area contributed by atoms with Crippen molar-refractivity contribution in [3.63, 3.8) is 0 Å². The fourth-order valence-corrected chi connectivity index (χ4v) is 1.78. The lowest BCUT2D eigenvalue weighted by molar-refractivity contribution is -0.116. The molecule has 0 radical (unpaired) electrons. The molecule has 0 unspecified atom stereocenters. The summed E-state index contributed by atoms with van der Waals surface area (Å²) < 4.78 is -0.139. The van der Waals surface area contributed by atoms with Gasteiger partial charge in [0, 0.05) is 16.9 Å². The highest BCUT2D eigenvalue weighted by Crippen LogP contribution is 2.20. The first kappa shape index (κ1) is 15.1. The Hall–Kier alpha value is -1.00. The van der Waals surface area contributed by atoms with Gasteiger partial charge in [-0.05, 0) is 36.6 Å². The van der Waals surface area contributed by atoms with Crippen molar-refractivity contribution in [1.82, 2.24) is 0 Å². The van der Waals surface area contributed by atoms with Crippen molar-refractivity contribution in [2.45, 2.75) is 45.0 Å². The molecule has 0 bridgehead atoms. The lowest BCUT2D eigenvalue weighted by Crippen LogP contribution is -2.17. The van der Waals surface area contributed by atoms with Gasteiger partial charge in [0.2, 0.25) is 5.91 Å². The summed E-state index contributed by atoms with van der Waals surface area (Å²) in [5, 5.41) is 12.0. The number of aliphatic hydroxyl groups excluding tert-OH is 1. The van der Waals surface area contributed by atoms with Crippen molar-refractivity contribution in [3.05, 3.63) is 29.3 Å². The number of aryl methyl sites for hydroxylation is 1. The third-order valence-electron chi connectivity index (χ3n) is 2.57. The molecular formula is C14H21NO2S. The maximum Gasteiger partial charge on any atom is 0.224 e. The van der Waals surface area contributed by atoms with Crippen LogP contribution >= 0.6 is 12.6 Å². The minimum Gasteiger partial charge on any atom is -0.392 e. The summed E-state index contributed by atoms with van der Waals surface area (Å²) in [5.74, 6) is -0.0217. The van der Waals surface area contributed by atoms with Crippen LogP contribution in [0.5, 0.6) is 0 Å². The van der Waals surface area contributed by atoms with Gasteiger partial charge in [0.05, 0.1) is 6.61 Å². The molecule has 0 saturated carbocycles. The molecule has 2 N–H and O–H groups in total. The summed E-state index contributed by atoms with van der Waals surface area (Å²) in [6.45, 7) is 5.89. The second-order valence-corrected chi connectivity index (χ2v) is 6.44. The summed E-state index contributed by atoms with van der Waals surface area (Å²) in [7, 11) is 0. The quantitative estimate of drug-likeness (QED) is 0.718. The highest BCUT2D eigenvalue weighted by molar-refractivity contribution is 7.81. The van der Waals surface area contributed by atoms with Crippen molar-refractivity contribution in [1.29, 1.82) is 0 Å². The number of rotatable bonds is 5. The molecule has 0 fully saturated rings. The van der Waals surface area contributed by atoms with Crippen LogP contribution in [-0.2, 0) is 11.4 Å². The monoisotopic (exact) mass is 267 g/mol. The average molecular weight is 267 g/mol. The van der Waals surface area contributed by atoms with Crippen LogP contribution in [-0.4, -0.2) is 15.8 Å². The second kappa shape index (κ2) is 6.25. The van der Waals surface area contributed by atoms with Crippen molar-refractivity contribution in [3.8, 4) is 0 Å². The van der Waals surface area contributed by atoms with Crippen LogP contribution < -0.4 is 5.32 Å². The SMILES string of the molecule is Cc1cc(CO)cc(NC(=O)CCC(C)(C)S)c1. The normalized spacial score (nSPS) is 11.4. The predicted octanol–water partition coefficient (Wildman–Crippen LogP) is 2.91. The number of anilines is 1. The van der Waals surface area contributed by atoms with E-state index in [9.17, 15) is 4.79 Å². The Bertz CT molecular complexity index is 424. The number of benzene rings is 1. The predicted molar refractivity (Wildman–Crippen MR) is 78.0 cm³/mol. The largest absolute Gasteiger partial charge is 0.392 e. The summed E-state index contributed by atoms with van der Waals surface area (Å²) in [5.41, 5.74) is 2.56. The zero-order valence-corrected chi connectivity index (χ0v) is 12.1. The maximum atomic E-state index is 11.8. The molecule has 0 aliphatic carbocycles. The number of carbonyl (C=O) groups is 1. The molecule has 4 heteroatoms. The minimum absolute atomic E-state index is 0.0196. The Morgan fingerprint density at radius 1 is 1.39 bits per heavy atom. The molecule has 0 heterocycles. The fourth-order valence-electron chi connectivity index (χ4n) is 1.67. The summed E-state index contributed by atoms with van der Waals surface area (Å²) in [6, 6.07) is 5.58. The van der Waals surface area contributed by atoms with Gasteiger partial charge >= 0.3 is 0 Å². The van der Waals surface area contributed by atoms with Gasteiger partial charge < -0.3 is 10.4 Å². The Morgan fingerprint density at radius 3 is 2.61 bits per heavy atom. The molecule has 0 saturated heterocycles. The number of amides is 1. The van der Waals surface area contributed by atoms with Gasteiger partial charge in [0.15, 0.2) is 0 Å². The number of aliphatic hydroxyl groups is 1. The zero-order chi connectivity index (χ0) is 13.8. The Labute approximate surface area is 114 Å². The van der Waals surface area contributed by atoms with Gasteiger partial charge in [-0.2, -0.15) is 12.6 Å². The average Bonchev–Trinajstić information content (AvgIpc) is 2.24. The van der Waals surface area contributed by atoms with Crippen LogP contribution in [0, 0.1) is 6.92 Å². The van der Waals surface area contributed by atoms with Crippen LogP contribution in [0.15, 0.2) is 18.2 Å². The van der Waals surface area contributed by atoms with E-state index in [1.807, 2.05) is 32.9 Å². The number of hydrogen-bond acceptors (Lipinski definition) is 3. The maximum absolute atomic E-state index is 11.8. The molecule has 100 valence electrons. The van der Waals surface area contributed by atoms with Gasteiger partial charge in [-0.25, -0.2) is 0 Å². The third kappa shape index (κ3) is 5.56. The minimum atomic E-state index is -0.139. The van der Waals surface area contributed by atoms with Gasteiger partial charge in [0.1, 0.15) is 0 Å². The topological polar surface area (TPSA) is 49.3 Å². The molecule has 0 aliphatic rings. The summed E-state index contributed by atoms with van der Waals surface area (Å²) in [6.07, 6.45) is 1.17. The van der Waals surface area contributed by atoms with Gasteiger partial charge in [-0.15, -0.1) is 0 Å². The Kier molecular flexibility index (Phi) is 5.23.